The standard InChI is InChI=1S/C32H38N8O/c1-5-24-9-7-10-25(6-2)28(24)29-36-23(4)26(21-40-19-20-41-27-12-11-22(3)35-31(27)40)30(37-29)38-15-17-39(18-16-38)32-33-13-8-14-34-32/h7-14H,5-6,15-21H2,1-4H3. The smallest absolute Gasteiger partial charge is 0.225 e. The zero-order valence-corrected chi connectivity index (χ0v) is 24.5. The Morgan fingerprint density at radius 2 is 1.46 bits per heavy atom. The van der Waals surface area contributed by atoms with Crippen molar-refractivity contribution < 1.29 is 4.74 Å². The van der Waals surface area contributed by atoms with E-state index in [1.807, 2.05) is 25.1 Å². The van der Waals surface area contributed by atoms with Crippen LogP contribution in [-0.2, 0) is 19.4 Å². The van der Waals surface area contributed by atoms with Crippen LogP contribution in [0, 0.1) is 13.8 Å². The summed E-state index contributed by atoms with van der Waals surface area (Å²) in [7, 11) is 0. The van der Waals surface area contributed by atoms with Gasteiger partial charge in [0.1, 0.15) is 12.4 Å². The van der Waals surface area contributed by atoms with Crippen molar-refractivity contribution in [1.29, 1.82) is 0 Å². The second-order valence-electron chi connectivity index (χ2n) is 10.7. The molecule has 9 heteroatoms. The molecule has 41 heavy (non-hydrogen) atoms. The average molecular weight is 551 g/mol. The van der Waals surface area contributed by atoms with E-state index >= 15 is 0 Å². The number of anilines is 3. The molecule has 0 unspecified atom stereocenters. The number of hydrogen-bond acceptors (Lipinski definition) is 9. The molecular weight excluding hydrogens is 512 g/mol. The van der Waals surface area contributed by atoms with E-state index in [1.165, 1.54) is 16.7 Å². The van der Waals surface area contributed by atoms with Gasteiger partial charge in [-0.25, -0.2) is 24.9 Å². The monoisotopic (exact) mass is 550 g/mol. The van der Waals surface area contributed by atoms with Gasteiger partial charge in [0.15, 0.2) is 17.4 Å². The molecule has 0 atom stereocenters. The van der Waals surface area contributed by atoms with Crippen LogP contribution in [0.1, 0.15) is 41.9 Å². The highest BCUT2D eigenvalue weighted by molar-refractivity contribution is 5.68. The third kappa shape index (κ3) is 5.40. The van der Waals surface area contributed by atoms with Gasteiger partial charge in [-0.3, -0.25) is 0 Å². The highest BCUT2D eigenvalue weighted by Crippen LogP contribution is 2.35. The molecule has 9 nitrogen and oxygen atoms in total. The van der Waals surface area contributed by atoms with Gasteiger partial charge in [-0.05, 0) is 56.0 Å². The van der Waals surface area contributed by atoms with E-state index in [4.69, 9.17) is 19.7 Å². The van der Waals surface area contributed by atoms with Crippen LogP contribution in [0.2, 0.25) is 0 Å². The Morgan fingerprint density at radius 3 is 2.17 bits per heavy atom. The summed E-state index contributed by atoms with van der Waals surface area (Å²) in [6.07, 6.45) is 5.49. The van der Waals surface area contributed by atoms with E-state index in [1.54, 1.807) is 12.4 Å². The number of ether oxygens (including phenoxy) is 1. The number of hydrogen-bond donors (Lipinski definition) is 0. The molecule has 0 saturated carbocycles. The molecule has 5 heterocycles. The molecule has 0 spiro atoms. The molecule has 6 rings (SSSR count). The van der Waals surface area contributed by atoms with Crippen molar-refractivity contribution in [3.8, 4) is 17.1 Å². The van der Waals surface area contributed by atoms with E-state index in [2.05, 4.69) is 63.6 Å². The van der Waals surface area contributed by atoms with Gasteiger partial charge in [-0.15, -0.1) is 0 Å². The largest absolute Gasteiger partial charge is 0.488 e. The predicted molar refractivity (Wildman–Crippen MR) is 163 cm³/mol. The normalized spacial score (nSPS) is 15.1. The Kier molecular flexibility index (Phi) is 7.67. The van der Waals surface area contributed by atoms with Crippen LogP contribution < -0.4 is 19.4 Å². The van der Waals surface area contributed by atoms with Crippen molar-refractivity contribution in [2.24, 2.45) is 0 Å². The summed E-state index contributed by atoms with van der Waals surface area (Å²) >= 11 is 0. The SMILES string of the molecule is CCc1cccc(CC)c1-c1nc(C)c(CN2CCOc3ccc(C)nc32)c(N2CCN(c3ncccn3)CC2)n1. The van der Waals surface area contributed by atoms with Crippen molar-refractivity contribution in [2.75, 3.05) is 54.0 Å². The lowest BCUT2D eigenvalue weighted by molar-refractivity contribution is 0.304. The average Bonchev–Trinajstić information content (AvgIpc) is 3.02. The van der Waals surface area contributed by atoms with Gasteiger partial charge in [-0.1, -0.05) is 32.0 Å². The van der Waals surface area contributed by atoms with Crippen molar-refractivity contribution in [2.45, 2.75) is 47.1 Å². The summed E-state index contributed by atoms with van der Waals surface area (Å²) in [6, 6.07) is 12.4. The van der Waals surface area contributed by atoms with Crippen molar-refractivity contribution in [3.05, 3.63) is 76.9 Å². The summed E-state index contributed by atoms with van der Waals surface area (Å²) in [5.41, 5.74) is 6.88. The quantitative estimate of drug-likeness (QED) is 0.322. The lowest BCUT2D eigenvalue weighted by Gasteiger charge is -2.37. The van der Waals surface area contributed by atoms with Crippen molar-refractivity contribution >= 4 is 17.6 Å². The van der Waals surface area contributed by atoms with Gasteiger partial charge in [0.05, 0.1) is 13.1 Å². The topological polar surface area (TPSA) is 83.4 Å². The second-order valence-corrected chi connectivity index (χ2v) is 10.7. The fraction of sp³-hybridized carbons (Fsp3) is 0.406. The molecule has 2 aliphatic rings. The van der Waals surface area contributed by atoms with Gasteiger partial charge < -0.3 is 19.4 Å². The molecule has 1 fully saturated rings. The van der Waals surface area contributed by atoms with Crippen LogP contribution in [0.5, 0.6) is 5.75 Å². The fourth-order valence-corrected chi connectivity index (χ4v) is 5.83. The Labute approximate surface area is 242 Å². The first-order valence-electron chi connectivity index (χ1n) is 14.7. The van der Waals surface area contributed by atoms with Crippen LogP contribution in [0.3, 0.4) is 0 Å². The Balaban J connectivity index is 1.40. The lowest BCUT2D eigenvalue weighted by atomic mass is 9.96. The summed E-state index contributed by atoms with van der Waals surface area (Å²) < 4.78 is 5.94. The van der Waals surface area contributed by atoms with Crippen LogP contribution in [-0.4, -0.2) is 64.3 Å². The summed E-state index contributed by atoms with van der Waals surface area (Å²) in [4.78, 5) is 31.3. The Hall–Kier alpha value is -4.27. The van der Waals surface area contributed by atoms with E-state index in [-0.39, 0.29) is 0 Å². The third-order valence-corrected chi connectivity index (χ3v) is 8.07. The molecule has 0 radical (unpaired) electrons. The molecule has 3 aromatic heterocycles. The van der Waals surface area contributed by atoms with Gasteiger partial charge in [-0.2, -0.15) is 0 Å². The van der Waals surface area contributed by atoms with Crippen molar-refractivity contribution in [3.63, 3.8) is 0 Å². The Bertz CT molecular complexity index is 1500. The molecule has 0 N–H and O–H groups in total. The highest BCUT2D eigenvalue weighted by atomic mass is 16.5. The fourth-order valence-electron chi connectivity index (χ4n) is 5.83. The third-order valence-electron chi connectivity index (χ3n) is 8.07. The molecule has 1 saturated heterocycles. The van der Waals surface area contributed by atoms with Crippen molar-refractivity contribution in [1.82, 2.24) is 24.9 Å². The zero-order chi connectivity index (χ0) is 28.3. The minimum Gasteiger partial charge on any atom is -0.488 e. The Morgan fingerprint density at radius 1 is 0.756 bits per heavy atom. The number of benzene rings is 1. The maximum atomic E-state index is 5.94. The van der Waals surface area contributed by atoms with Crippen LogP contribution >= 0.6 is 0 Å². The maximum absolute atomic E-state index is 5.94. The van der Waals surface area contributed by atoms with Gasteiger partial charge >= 0.3 is 0 Å². The molecule has 2 aliphatic heterocycles. The minimum absolute atomic E-state index is 0.630. The zero-order valence-electron chi connectivity index (χ0n) is 24.5. The first-order chi connectivity index (χ1) is 20.1. The van der Waals surface area contributed by atoms with E-state index < -0.39 is 0 Å². The van der Waals surface area contributed by atoms with Crippen LogP contribution in [0.15, 0.2) is 48.8 Å². The summed E-state index contributed by atoms with van der Waals surface area (Å²) in [5.74, 6) is 4.33. The van der Waals surface area contributed by atoms with Gasteiger partial charge in [0, 0.05) is 61.1 Å². The summed E-state index contributed by atoms with van der Waals surface area (Å²) in [6.45, 7) is 13.9. The number of aryl methyl sites for hydroxylation is 4. The molecule has 0 bridgehead atoms. The second kappa shape index (κ2) is 11.7. The van der Waals surface area contributed by atoms with E-state index in [0.717, 1.165) is 91.7 Å². The minimum atomic E-state index is 0.630. The van der Waals surface area contributed by atoms with E-state index in [9.17, 15) is 0 Å². The number of fused-ring (bicyclic) bond motifs is 1. The summed E-state index contributed by atoms with van der Waals surface area (Å²) in [5, 5.41) is 0. The molecule has 0 aliphatic carbocycles. The van der Waals surface area contributed by atoms with Gasteiger partial charge in [0.2, 0.25) is 5.95 Å². The number of pyridine rings is 1. The predicted octanol–water partition coefficient (Wildman–Crippen LogP) is 4.80. The van der Waals surface area contributed by atoms with E-state index in [0.29, 0.717) is 13.2 Å². The number of piperazine rings is 1. The number of nitrogens with zero attached hydrogens (tertiary/aromatic N) is 8. The lowest BCUT2D eigenvalue weighted by Crippen LogP contribution is -2.48. The van der Waals surface area contributed by atoms with Gasteiger partial charge in [0.25, 0.3) is 0 Å². The number of rotatable bonds is 7. The van der Waals surface area contributed by atoms with Crippen LogP contribution in [0.4, 0.5) is 17.6 Å². The van der Waals surface area contributed by atoms with Crippen LogP contribution in [0.25, 0.3) is 11.4 Å². The molecule has 4 aromatic rings. The first-order valence-corrected chi connectivity index (χ1v) is 14.7. The number of aromatic nitrogens is 5. The molecule has 1 aromatic carbocycles. The maximum Gasteiger partial charge on any atom is 0.225 e. The molecule has 212 valence electrons. The molecular formula is C32H38N8O. The molecule has 0 amide bonds. The highest BCUT2D eigenvalue weighted by Gasteiger charge is 2.28. The first kappa shape index (κ1) is 26.9.